The summed E-state index contributed by atoms with van der Waals surface area (Å²) >= 11 is 6.19. The topological polar surface area (TPSA) is 38.7 Å². The second-order valence-electron chi connectivity index (χ2n) is 5.29. The van der Waals surface area contributed by atoms with Gasteiger partial charge in [-0.1, -0.05) is 37.4 Å². The highest BCUT2D eigenvalue weighted by molar-refractivity contribution is 6.29. The molecule has 2 aromatic rings. The molecule has 0 amide bonds. The lowest BCUT2D eigenvalue weighted by molar-refractivity contribution is 0.695. The number of hydrogen-bond acceptors (Lipinski definition) is 3. The molecule has 0 spiro atoms. The van der Waals surface area contributed by atoms with E-state index in [1.54, 1.807) is 6.20 Å². The Hall–Kier alpha value is -1.48. The molecule has 0 unspecified atom stereocenters. The standard InChI is InChI=1S/C16H18ClN3/c1-2-11-8-5-9-18-15(11)16-19-13(10-14(17)20-16)12-6-3-4-7-12/h5,8-10,12H,2-4,6-7H2,1H3. The van der Waals surface area contributed by atoms with Crippen molar-refractivity contribution in [1.82, 2.24) is 15.0 Å². The number of hydrogen-bond donors (Lipinski definition) is 0. The van der Waals surface area contributed by atoms with Gasteiger partial charge < -0.3 is 0 Å². The Bertz CT molecular complexity index is 606. The first kappa shape index (κ1) is 13.5. The molecule has 0 aliphatic heterocycles. The van der Waals surface area contributed by atoms with Crippen LogP contribution < -0.4 is 0 Å². The summed E-state index contributed by atoms with van der Waals surface area (Å²) in [5.41, 5.74) is 3.09. The van der Waals surface area contributed by atoms with Crippen molar-refractivity contribution in [1.29, 1.82) is 0 Å². The predicted octanol–water partition coefficient (Wildman–Crippen LogP) is 4.41. The molecular weight excluding hydrogens is 270 g/mol. The fourth-order valence-electron chi connectivity index (χ4n) is 2.90. The molecule has 3 nitrogen and oxygen atoms in total. The van der Waals surface area contributed by atoms with Crippen LogP contribution in [0.25, 0.3) is 11.5 Å². The first-order valence-corrected chi connectivity index (χ1v) is 7.64. The van der Waals surface area contributed by atoms with E-state index < -0.39 is 0 Å². The lowest BCUT2D eigenvalue weighted by Crippen LogP contribution is -2.03. The van der Waals surface area contributed by atoms with Gasteiger partial charge in [-0.15, -0.1) is 0 Å². The van der Waals surface area contributed by atoms with Gasteiger partial charge in [0.05, 0.1) is 0 Å². The average Bonchev–Trinajstić information content (AvgIpc) is 3.01. The molecule has 2 aromatic heterocycles. The van der Waals surface area contributed by atoms with Gasteiger partial charge in [0.1, 0.15) is 10.8 Å². The zero-order valence-corrected chi connectivity index (χ0v) is 12.4. The fraction of sp³-hybridized carbons (Fsp3) is 0.438. The second kappa shape index (κ2) is 5.88. The van der Waals surface area contributed by atoms with Crippen molar-refractivity contribution >= 4 is 11.6 Å². The molecule has 20 heavy (non-hydrogen) atoms. The number of pyridine rings is 1. The zero-order chi connectivity index (χ0) is 13.9. The van der Waals surface area contributed by atoms with Crippen LogP contribution in [0.2, 0.25) is 5.15 Å². The average molecular weight is 288 g/mol. The largest absolute Gasteiger partial charge is 0.253 e. The summed E-state index contributed by atoms with van der Waals surface area (Å²) in [4.78, 5) is 13.6. The van der Waals surface area contributed by atoms with E-state index in [1.165, 1.54) is 25.7 Å². The maximum Gasteiger partial charge on any atom is 0.180 e. The molecule has 2 heterocycles. The van der Waals surface area contributed by atoms with E-state index in [-0.39, 0.29) is 0 Å². The van der Waals surface area contributed by atoms with Crippen LogP contribution >= 0.6 is 11.6 Å². The summed E-state index contributed by atoms with van der Waals surface area (Å²) in [5.74, 6) is 1.19. The smallest absolute Gasteiger partial charge is 0.180 e. The van der Waals surface area contributed by atoms with Crippen molar-refractivity contribution < 1.29 is 0 Å². The number of rotatable bonds is 3. The summed E-state index contributed by atoms with van der Waals surface area (Å²) in [6.07, 6.45) is 7.67. The third-order valence-corrected chi connectivity index (χ3v) is 4.17. The molecule has 0 N–H and O–H groups in total. The van der Waals surface area contributed by atoms with Crippen LogP contribution in [-0.4, -0.2) is 15.0 Å². The second-order valence-corrected chi connectivity index (χ2v) is 5.67. The van der Waals surface area contributed by atoms with E-state index in [0.717, 1.165) is 23.4 Å². The zero-order valence-electron chi connectivity index (χ0n) is 11.6. The Kier molecular flexibility index (Phi) is 3.97. The minimum Gasteiger partial charge on any atom is -0.253 e. The van der Waals surface area contributed by atoms with E-state index in [2.05, 4.69) is 23.0 Å². The van der Waals surface area contributed by atoms with E-state index >= 15 is 0 Å². The summed E-state index contributed by atoms with van der Waals surface area (Å²) in [6.45, 7) is 2.11. The quantitative estimate of drug-likeness (QED) is 0.785. The Morgan fingerprint density at radius 2 is 2.05 bits per heavy atom. The number of nitrogens with zero attached hydrogens (tertiary/aromatic N) is 3. The minimum atomic E-state index is 0.518. The van der Waals surface area contributed by atoms with Crippen molar-refractivity contribution in [2.75, 3.05) is 0 Å². The van der Waals surface area contributed by atoms with Gasteiger partial charge in [0.25, 0.3) is 0 Å². The number of halogens is 1. The summed E-state index contributed by atoms with van der Waals surface area (Å²) in [7, 11) is 0. The number of aryl methyl sites for hydroxylation is 1. The summed E-state index contributed by atoms with van der Waals surface area (Å²) < 4.78 is 0. The molecule has 104 valence electrons. The molecule has 1 saturated carbocycles. The molecule has 1 aliphatic rings. The highest BCUT2D eigenvalue weighted by Crippen LogP contribution is 2.34. The third-order valence-electron chi connectivity index (χ3n) is 3.97. The highest BCUT2D eigenvalue weighted by atomic mass is 35.5. The Labute approximate surface area is 124 Å². The normalized spacial score (nSPS) is 15.7. The van der Waals surface area contributed by atoms with E-state index in [1.807, 2.05) is 12.1 Å². The highest BCUT2D eigenvalue weighted by Gasteiger charge is 2.20. The lowest BCUT2D eigenvalue weighted by Gasteiger charge is -2.11. The van der Waals surface area contributed by atoms with Gasteiger partial charge in [0.2, 0.25) is 0 Å². The summed E-state index contributed by atoms with van der Waals surface area (Å²) in [5, 5.41) is 0.518. The van der Waals surface area contributed by atoms with Crippen molar-refractivity contribution in [2.45, 2.75) is 44.9 Å². The SMILES string of the molecule is CCc1cccnc1-c1nc(Cl)cc(C2CCCC2)n1. The van der Waals surface area contributed by atoms with E-state index in [0.29, 0.717) is 16.9 Å². The third kappa shape index (κ3) is 2.68. The maximum absolute atomic E-state index is 6.19. The molecule has 0 bridgehead atoms. The van der Waals surface area contributed by atoms with Crippen LogP contribution in [0.15, 0.2) is 24.4 Å². The van der Waals surface area contributed by atoms with Gasteiger partial charge in [-0.2, -0.15) is 0 Å². The number of aromatic nitrogens is 3. The maximum atomic E-state index is 6.19. The molecule has 1 fully saturated rings. The van der Waals surface area contributed by atoms with Crippen LogP contribution in [-0.2, 0) is 6.42 Å². The Morgan fingerprint density at radius 1 is 1.25 bits per heavy atom. The molecule has 0 radical (unpaired) electrons. The van der Waals surface area contributed by atoms with Crippen molar-refractivity contribution in [3.05, 3.63) is 40.8 Å². The van der Waals surface area contributed by atoms with E-state index in [4.69, 9.17) is 16.6 Å². The van der Waals surface area contributed by atoms with Crippen molar-refractivity contribution in [3.63, 3.8) is 0 Å². The molecule has 1 aliphatic carbocycles. The molecule has 0 saturated heterocycles. The fourth-order valence-corrected chi connectivity index (χ4v) is 3.09. The van der Waals surface area contributed by atoms with Crippen LogP contribution in [0.4, 0.5) is 0 Å². The lowest BCUT2D eigenvalue weighted by atomic mass is 10.0. The van der Waals surface area contributed by atoms with Gasteiger partial charge in [0.15, 0.2) is 5.82 Å². The molecule has 0 aromatic carbocycles. The Balaban J connectivity index is 2.04. The summed E-state index contributed by atoms with van der Waals surface area (Å²) in [6, 6.07) is 5.93. The van der Waals surface area contributed by atoms with Gasteiger partial charge in [-0.25, -0.2) is 9.97 Å². The minimum absolute atomic E-state index is 0.518. The predicted molar refractivity (Wildman–Crippen MR) is 80.9 cm³/mol. The van der Waals surface area contributed by atoms with Crippen LogP contribution in [0.1, 0.15) is 49.8 Å². The first-order chi connectivity index (χ1) is 9.78. The van der Waals surface area contributed by atoms with Crippen LogP contribution in [0.3, 0.4) is 0 Å². The molecule has 3 rings (SSSR count). The van der Waals surface area contributed by atoms with Crippen molar-refractivity contribution in [3.8, 4) is 11.5 Å². The molecular formula is C16H18ClN3. The first-order valence-electron chi connectivity index (χ1n) is 7.26. The van der Waals surface area contributed by atoms with Gasteiger partial charge in [-0.05, 0) is 37.0 Å². The monoisotopic (exact) mass is 287 g/mol. The van der Waals surface area contributed by atoms with Crippen molar-refractivity contribution in [2.24, 2.45) is 0 Å². The molecule has 0 atom stereocenters. The van der Waals surface area contributed by atoms with Crippen LogP contribution in [0, 0.1) is 0 Å². The molecule has 4 heteroatoms. The van der Waals surface area contributed by atoms with Gasteiger partial charge in [0, 0.05) is 17.8 Å². The Morgan fingerprint density at radius 3 is 2.80 bits per heavy atom. The van der Waals surface area contributed by atoms with Crippen LogP contribution in [0.5, 0.6) is 0 Å². The van der Waals surface area contributed by atoms with Gasteiger partial charge >= 0.3 is 0 Å². The van der Waals surface area contributed by atoms with Gasteiger partial charge in [-0.3, -0.25) is 4.98 Å². The van der Waals surface area contributed by atoms with E-state index in [9.17, 15) is 0 Å².